The van der Waals surface area contributed by atoms with Gasteiger partial charge in [-0.25, -0.2) is 9.78 Å². The van der Waals surface area contributed by atoms with Gasteiger partial charge in [0.2, 0.25) is 5.91 Å². The van der Waals surface area contributed by atoms with Crippen LogP contribution in [0.4, 0.5) is 0 Å². The van der Waals surface area contributed by atoms with Crippen LogP contribution in [0.2, 0.25) is 0 Å². The molecule has 0 saturated heterocycles. The van der Waals surface area contributed by atoms with Crippen molar-refractivity contribution in [2.75, 3.05) is 33.9 Å². The molecule has 2 N–H and O–H groups in total. The fourth-order valence-corrected chi connectivity index (χ4v) is 13.4. The lowest BCUT2D eigenvalue weighted by Gasteiger charge is -2.72. The molecule has 0 aromatic heterocycles. The molecule has 9 atom stereocenters. The van der Waals surface area contributed by atoms with Crippen LogP contribution in [0.3, 0.4) is 0 Å². The van der Waals surface area contributed by atoms with E-state index in [1.807, 2.05) is 0 Å². The first-order valence-corrected chi connectivity index (χ1v) is 19.9. The fraction of sp³-hybridized carbons (Fsp3) is 0.727. The molecule has 7 nitrogen and oxygen atoms in total. The van der Waals surface area contributed by atoms with Gasteiger partial charge in [-0.2, -0.15) is 0 Å². The van der Waals surface area contributed by atoms with E-state index in [2.05, 4.69) is 89.1 Å². The summed E-state index contributed by atoms with van der Waals surface area (Å²) < 4.78 is 4.75. The second kappa shape index (κ2) is 14.4. The van der Waals surface area contributed by atoms with Gasteiger partial charge in [0.25, 0.3) is 0 Å². The monoisotopic (exact) mass is 702 g/mol. The Hall–Kier alpha value is -2.48. The zero-order chi connectivity index (χ0) is 36.8. The topological polar surface area (TPSA) is 85.9 Å². The maximum atomic E-state index is 14.4. The Morgan fingerprint density at radius 2 is 1.61 bits per heavy atom. The third kappa shape index (κ3) is 6.25. The first-order chi connectivity index (χ1) is 24.2. The van der Waals surface area contributed by atoms with Crippen molar-refractivity contribution in [3.05, 3.63) is 53.6 Å². The first kappa shape index (κ1) is 38.3. The standard InChI is InChI=1S/C44H66N2O5/c1-29(2)32-16-22-44(39(48)46-27-26-45-25-19-37(47)49-8)24-23-42(6)34(38(32)44)14-15-36-41(5)20-17-33(31-12-10-30(11-13-31)28-51-50-9)40(3,4)35(41)18-21-43(36,42)7/h10-13,17,32,34-36,38,45H,1,14-16,18-28H2,2-9H3,(H,46,48)/t32-,34+,35-,36+,38+,41-,42+,43+,44-/m0/s1. The van der Waals surface area contributed by atoms with Crippen molar-refractivity contribution < 1.29 is 24.1 Å². The number of allylic oxidation sites excluding steroid dienone is 3. The Balaban J connectivity index is 1.23. The molecule has 5 aliphatic carbocycles. The van der Waals surface area contributed by atoms with E-state index in [0.29, 0.717) is 62.3 Å². The van der Waals surface area contributed by atoms with E-state index in [1.54, 1.807) is 7.11 Å². The normalized spacial score (nSPS) is 38.0. The Kier molecular flexibility index (Phi) is 10.8. The van der Waals surface area contributed by atoms with Gasteiger partial charge in [0.05, 0.1) is 26.1 Å². The summed E-state index contributed by atoms with van der Waals surface area (Å²) >= 11 is 0. The maximum absolute atomic E-state index is 14.4. The number of methoxy groups -OCH3 is 1. The Labute approximate surface area is 308 Å². The highest BCUT2D eigenvalue weighted by Crippen LogP contribution is 2.77. The number of hydrogen-bond acceptors (Lipinski definition) is 6. The highest BCUT2D eigenvalue weighted by Gasteiger charge is 2.71. The van der Waals surface area contributed by atoms with E-state index in [4.69, 9.17) is 14.5 Å². The third-order valence-corrected chi connectivity index (χ3v) is 16.0. The van der Waals surface area contributed by atoms with Crippen LogP contribution in [0.5, 0.6) is 0 Å². The number of amides is 1. The van der Waals surface area contributed by atoms with E-state index in [-0.39, 0.29) is 39.0 Å². The second-order valence-corrected chi connectivity index (χ2v) is 18.3. The highest BCUT2D eigenvalue weighted by molar-refractivity contribution is 5.84. The molecule has 1 aromatic carbocycles. The van der Waals surface area contributed by atoms with E-state index in [1.165, 1.54) is 49.5 Å². The van der Waals surface area contributed by atoms with Crippen molar-refractivity contribution >= 4 is 17.4 Å². The number of rotatable bonds is 12. The van der Waals surface area contributed by atoms with Crippen molar-refractivity contribution in [1.29, 1.82) is 0 Å². The summed E-state index contributed by atoms with van der Waals surface area (Å²) in [6, 6.07) is 8.90. The largest absolute Gasteiger partial charge is 0.469 e. The molecule has 1 aromatic rings. The van der Waals surface area contributed by atoms with Crippen LogP contribution in [0.25, 0.3) is 5.57 Å². The fourth-order valence-electron chi connectivity index (χ4n) is 13.4. The van der Waals surface area contributed by atoms with Crippen LogP contribution >= 0.6 is 0 Å². The predicted molar refractivity (Wildman–Crippen MR) is 203 cm³/mol. The van der Waals surface area contributed by atoms with E-state index in [9.17, 15) is 9.59 Å². The summed E-state index contributed by atoms with van der Waals surface area (Å²) in [5.74, 6) is 2.56. The number of carbonyl (C=O) groups excluding carboxylic acids is 2. The van der Waals surface area contributed by atoms with Crippen molar-refractivity contribution in [2.45, 2.75) is 112 Å². The smallest absolute Gasteiger partial charge is 0.306 e. The number of nitrogens with one attached hydrogen (secondary N) is 2. The summed E-state index contributed by atoms with van der Waals surface area (Å²) in [7, 11) is 2.97. The molecule has 0 heterocycles. The van der Waals surface area contributed by atoms with E-state index < -0.39 is 0 Å². The minimum Gasteiger partial charge on any atom is -0.469 e. The average molecular weight is 703 g/mol. The van der Waals surface area contributed by atoms with Gasteiger partial charge in [-0.05, 0) is 133 Å². The van der Waals surface area contributed by atoms with Crippen molar-refractivity contribution in [1.82, 2.24) is 10.6 Å². The molecule has 4 fully saturated rings. The van der Waals surface area contributed by atoms with Gasteiger partial charge in [0, 0.05) is 19.6 Å². The van der Waals surface area contributed by atoms with Gasteiger partial charge in [-0.1, -0.05) is 77.1 Å². The van der Waals surface area contributed by atoms with E-state index >= 15 is 0 Å². The summed E-state index contributed by atoms with van der Waals surface area (Å²) in [5, 5.41) is 6.66. The Bertz CT molecular complexity index is 1500. The molecule has 0 unspecified atom stereocenters. The van der Waals surface area contributed by atoms with Crippen LogP contribution < -0.4 is 10.6 Å². The van der Waals surface area contributed by atoms with Crippen LogP contribution in [-0.2, 0) is 30.7 Å². The van der Waals surface area contributed by atoms with Gasteiger partial charge < -0.3 is 15.4 Å². The number of esters is 1. The molecule has 0 bridgehead atoms. The molecule has 1 amide bonds. The third-order valence-electron chi connectivity index (χ3n) is 16.0. The first-order valence-electron chi connectivity index (χ1n) is 19.9. The van der Waals surface area contributed by atoms with Gasteiger partial charge in [0.1, 0.15) is 6.61 Å². The van der Waals surface area contributed by atoms with Crippen molar-refractivity contribution in [3.63, 3.8) is 0 Å². The minimum atomic E-state index is -0.320. The van der Waals surface area contributed by atoms with Gasteiger partial charge >= 0.3 is 5.97 Å². The van der Waals surface area contributed by atoms with Crippen LogP contribution in [0, 0.1) is 56.7 Å². The molecule has 4 saturated carbocycles. The lowest BCUT2D eigenvalue weighted by Crippen LogP contribution is -2.66. The quantitative estimate of drug-likeness (QED) is 0.0746. The molecular formula is C44H66N2O5. The molecule has 6 rings (SSSR count). The van der Waals surface area contributed by atoms with Gasteiger partial charge in [-0.15, -0.1) is 0 Å². The molecule has 7 heteroatoms. The summed E-state index contributed by atoms with van der Waals surface area (Å²) in [5.41, 5.74) is 5.59. The summed E-state index contributed by atoms with van der Waals surface area (Å²) in [6.07, 6.45) is 13.2. The van der Waals surface area contributed by atoms with E-state index in [0.717, 1.165) is 37.7 Å². The van der Waals surface area contributed by atoms with Gasteiger partial charge in [0.15, 0.2) is 0 Å². The maximum Gasteiger partial charge on any atom is 0.306 e. The highest BCUT2D eigenvalue weighted by atomic mass is 17.2. The average Bonchev–Trinajstić information content (AvgIpc) is 3.50. The lowest BCUT2D eigenvalue weighted by molar-refractivity contribution is -0.282. The SMILES string of the molecule is C=C(C)[C@@H]1CC[C@]2(C(=O)NCCNCCC(=O)OC)CC[C@]3(C)[C@H](CC[C@@H]4[C@@]5(C)CC=C(c6ccc(COOC)cc6)C(C)(C)[C@@H]5CC[C@]43C)[C@@H]12. The Morgan fingerprint density at radius 3 is 2.29 bits per heavy atom. The molecular weight excluding hydrogens is 636 g/mol. The zero-order valence-corrected chi connectivity index (χ0v) is 32.9. The summed E-state index contributed by atoms with van der Waals surface area (Å²) in [6.45, 7) is 22.0. The second-order valence-electron chi connectivity index (χ2n) is 18.3. The van der Waals surface area contributed by atoms with Gasteiger partial charge in [-0.3, -0.25) is 9.59 Å². The molecule has 0 spiro atoms. The predicted octanol–water partition coefficient (Wildman–Crippen LogP) is 8.68. The molecule has 51 heavy (non-hydrogen) atoms. The number of ether oxygens (including phenoxy) is 1. The zero-order valence-electron chi connectivity index (χ0n) is 32.9. The number of benzene rings is 1. The molecule has 5 aliphatic rings. The number of carbonyl (C=O) groups is 2. The van der Waals surface area contributed by atoms with Crippen molar-refractivity contribution in [3.8, 4) is 0 Å². The Morgan fingerprint density at radius 1 is 0.863 bits per heavy atom. The van der Waals surface area contributed by atoms with Crippen LogP contribution in [-0.4, -0.2) is 45.7 Å². The summed E-state index contributed by atoms with van der Waals surface area (Å²) in [4.78, 5) is 35.9. The van der Waals surface area contributed by atoms with Crippen LogP contribution in [0.15, 0.2) is 42.5 Å². The molecule has 282 valence electrons. The van der Waals surface area contributed by atoms with Crippen molar-refractivity contribution in [2.24, 2.45) is 56.7 Å². The number of fused-ring (bicyclic) bond motifs is 7. The molecule has 0 radical (unpaired) electrons. The molecule has 0 aliphatic heterocycles. The van der Waals surface area contributed by atoms with Crippen LogP contribution in [0.1, 0.15) is 117 Å². The number of hydrogen-bond donors (Lipinski definition) is 2. The minimum absolute atomic E-state index is 0.0705. The lowest BCUT2D eigenvalue weighted by atomic mass is 9.32.